The van der Waals surface area contributed by atoms with Crippen LogP contribution in [0.2, 0.25) is 0 Å². The van der Waals surface area contributed by atoms with E-state index in [1.54, 1.807) is 12.3 Å². The first-order chi connectivity index (χ1) is 8.61. The number of methoxy groups -OCH3 is 1. The quantitative estimate of drug-likeness (QED) is 0.893. The smallest absolute Gasteiger partial charge is 0.236 e. The number of benzene rings is 1. The van der Waals surface area contributed by atoms with Gasteiger partial charge in [-0.3, -0.25) is 4.72 Å². The van der Waals surface area contributed by atoms with E-state index in [1.165, 1.54) is 7.11 Å². The first kappa shape index (κ1) is 12.8. The number of rotatable bonds is 5. The van der Waals surface area contributed by atoms with Gasteiger partial charge in [0.05, 0.1) is 12.4 Å². The number of nitrogens with zero attached hydrogens (tertiary/aromatic N) is 1. The Bertz CT molecular complexity index is 641. The number of aromatic nitrogens is 1. The zero-order valence-electron chi connectivity index (χ0n) is 9.96. The van der Waals surface area contributed by atoms with Gasteiger partial charge < -0.3 is 4.74 Å². The summed E-state index contributed by atoms with van der Waals surface area (Å²) in [6, 6.07) is 9.34. The van der Waals surface area contributed by atoms with Crippen molar-refractivity contribution in [2.24, 2.45) is 0 Å². The number of nitrogens with one attached hydrogen (secondary N) is 1. The van der Waals surface area contributed by atoms with Crippen molar-refractivity contribution in [1.29, 1.82) is 0 Å². The van der Waals surface area contributed by atoms with Crippen molar-refractivity contribution in [2.75, 3.05) is 24.2 Å². The van der Waals surface area contributed by atoms with E-state index in [-0.39, 0.29) is 12.4 Å². The molecule has 96 valence electrons. The van der Waals surface area contributed by atoms with Crippen LogP contribution in [-0.2, 0) is 14.8 Å². The van der Waals surface area contributed by atoms with Crippen LogP contribution >= 0.6 is 0 Å². The molecule has 0 amide bonds. The number of sulfonamides is 1. The average molecular weight is 266 g/mol. The van der Waals surface area contributed by atoms with Crippen molar-refractivity contribution < 1.29 is 13.2 Å². The monoisotopic (exact) mass is 266 g/mol. The number of ether oxygens (including phenoxy) is 1. The second-order valence-electron chi connectivity index (χ2n) is 3.83. The van der Waals surface area contributed by atoms with Crippen LogP contribution in [0.25, 0.3) is 10.8 Å². The molecule has 0 spiro atoms. The molecule has 0 fully saturated rings. The van der Waals surface area contributed by atoms with Crippen LogP contribution in [0.3, 0.4) is 0 Å². The van der Waals surface area contributed by atoms with Gasteiger partial charge in [-0.15, -0.1) is 0 Å². The van der Waals surface area contributed by atoms with Gasteiger partial charge in [0.2, 0.25) is 10.0 Å². The van der Waals surface area contributed by atoms with Gasteiger partial charge >= 0.3 is 0 Å². The van der Waals surface area contributed by atoms with Crippen LogP contribution in [0.4, 0.5) is 5.82 Å². The van der Waals surface area contributed by atoms with Crippen LogP contribution in [-0.4, -0.2) is 32.9 Å². The molecule has 2 rings (SSSR count). The first-order valence-electron chi connectivity index (χ1n) is 5.45. The summed E-state index contributed by atoms with van der Waals surface area (Å²) < 4.78 is 30.5. The Labute approximate surface area is 106 Å². The molecule has 1 N–H and O–H groups in total. The third-order valence-electron chi connectivity index (χ3n) is 2.45. The highest BCUT2D eigenvalue weighted by molar-refractivity contribution is 7.92. The summed E-state index contributed by atoms with van der Waals surface area (Å²) in [6.07, 6.45) is 1.64. The molecule has 2 aromatic rings. The Morgan fingerprint density at radius 3 is 2.72 bits per heavy atom. The summed E-state index contributed by atoms with van der Waals surface area (Å²) in [4.78, 5) is 4.07. The fourth-order valence-electron chi connectivity index (χ4n) is 1.54. The van der Waals surface area contributed by atoms with Crippen molar-refractivity contribution >= 4 is 26.6 Å². The number of hydrogen-bond acceptors (Lipinski definition) is 4. The topological polar surface area (TPSA) is 68.3 Å². The Balaban J connectivity index is 2.22. The maximum Gasteiger partial charge on any atom is 0.236 e. The molecule has 0 saturated carbocycles. The number of fused-ring (bicyclic) bond motifs is 1. The number of hydrogen-bond donors (Lipinski definition) is 1. The molecular weight excluding hydrogens is 252 g/mol. The minimum absolute atomic E-state index is 0.0853. The maximum absolute atomic E-state index is 11.7. The van der Waals surface area contributed by atoms with E-state index >= 15 is 0 Å². The molecule has 0 saturated heterocycles. The highest BCUT2D eigenvalue weighted by Gasteiger charge is 2.10. The van der Waals surface area contributed by atoms with Gasteiger partial charge in [-0.2, -0.15) is 0 Å². The van der Waals surface area contributed by atoms with Crippen molar-refractivity contribution in [1.82, 2.24) is 4.98 Å². The van der Waals surface area contributed by atoms with Crippen LogP contribution < -0.4 is 4.72 Å². The molecule has 6 heteroatoms. The second kappa shape index (κ2) is 5.32. The lowest BCUT2D eigenvalue weighted by Crippen LogP contribution is -2.20. The first-order valence-corrected chi connectivity index (χ1v) is 7.10. The van der Waals surface area contributed by atoms with Crippen LogP contribution in [0.1, 0.15) is 0 Å². The van der Waals surface area contributed by atoms with E-state index in [0.29, 0.717) is 5.82 Å². The molecule has 0 aliphatic heterocycles. The molecule has 0 unspecified atom stereocenters. The van der Waals surface area contributed by atoms with Crippen LogP contribution in [0.15, 0.2) is 36.5 Å². The molecule has 1 aromatic carbocycles. The third kappa shape index (κ3) is 3.18. The molecule has 0 bridgehead atoms. The summed E-state index contributed by atoms with van der Waals surface area (Å²) in [6.45, 7) is 0.156. The van der Waals surface area contributed by atoms with Crippen LogP contribution in [0.5, 0.6) is 0 Å². The van der Waals surface area contributed by atoms with Gasteiger partial charge in [0.25, 0.3) is 0 Å². The van der Waals surface area contributed by atoms with Gasteiger partial charge in [-0.25, -0.2) is 13.4 Å². The van der Waals surface area contributed by atoms with E-state index in [2.05, 4.69) is 9.71 Å². The molecular formula is C12H14N2O3S. The molecule has 18 heavy (non-hydrogen) atoms. The zero-order chi connectivity index (χ0) is 13.0. The highest BCUT2D eigenvalue weighted by atomic mass is 32.2. The Morgan fingerprint density at radius 2 is 2.00 bits per heavy atom. The summed E-state index contributed by atoms with van der Waals surface area (Å²) in [5.74, 6) is 0.239. The fourth-order valence-corrected chi connectivity index (χ4v) is 2.46. The standard InChI is InChI=1S/C12H14N2O3S/c1-17-6-7-18(15,16)14-12-8-10-4-2-3-5-11(10)9-13-12/h2-5,8-9H,6-7H2,1H3,(H,13,14). The van der Waals surface area contributed by atoms with E-state index in [9.17, 15) is 8.42 Å². The largest absolute Gasteiger partial charge is 0.384 e. The molecule has 0 aliphatic rings. The van der Waals surface area contributed by atoms with Crippen LogP contribution in [0, 0.1) is 0 Å². The molecule has 0 aliphatic carbocycles. The van der Waals surface area contributed by atoms with Gasteiger partial charge in [0.15, 0.2) is 0 Å². The van der Waals surface area contributed by atoms with E-state index < -0.39 is 10.0 Å². The average Bonchev–Trinajstić information content (AvgIpc) is 2.36. The number of pyridine rings is 1. The highest BCUT2D eigenvalue weighted by Crippen LogP contribution is 2.16. The van der Waals surface area contributed by atoms with Crippen molar-refractivity contribution in [3.63, 3.8) is 0 Å². The second-order valence-corrected chi connectivity index (χ2v) is 5.67. The predicted octanol–water partition coefficient (Wildman–Crippen LogP) is 1.62. The van der Waals surface area contributed by atoms with E-state index in [1.807, 2.05) is 24.3 Å². The van der Waals surface area contributed by atoms with Crippen molar-refractivity contribution in [3.8, 4) is 0 Å². The van der Waals surface area contributed by atoms with Gasteiger partial charge in [0.1, 0.15) is 5.82 Å². The maximum atomic E-state index is 11.7. The fraction of sp³-hybridized carbons (Fsp3) is 0.250. The summed E-state index contributed by atoms with van der Waals surface area (Å²) in [5, 5.41) is 1.91. The summed E-state index contributed by atoms with van der Waals surface area (Å²) >= 11 is 0. The van der Waals surface area contributed by atoms with E-state index in [4.69, 9.17) is 4.74 Å². The van der Waals surface area contributed by atoms with Crippen molar-refractivity contribution in [3.05, 3.63) is 36.5 Å². The van der Waals surface area contributed by atoms with E-state index in [0.717, 1.165) is 10.8 Å². The van der Waals surface area contributed by atoms with Gasteiger partial charge in [-0.1, -0.05) is 24.3 Å². The zero-order valence-corrected chi connectivity index (χ0v) is 10.8. The lowest BCUT2D eigenvalue weighted by atomic mass is 10.2. The normalized spacial score (nSPS) is 11.6. The minimum atomic E-state index is -3.40. The van der Waals surface area contributed by atoms with Crippen molar-refractivity contribution in [2.45, 2.75) is 0 Å². The third-order valence-corrected chi connectivity index (χ3v) is 3.67. The SMILES string of the molecule is COCCS(=O)(=O)Nc1cc2ccccc2cn1. The Morgan fingerprint density at radius 1 is 1.28 bits per heavy atom. The molecule has 1 aromatic heterocycles. The lowest BCUT2D eigenvalue weighted by Gasteiger charge is -2.07. The summed E-state index contributed by atoms with van der Waals surface area (Å²) in [7, 11) is -1.94. The van der Waals surface area contributed by atoms with Gasteiger partial charge in [0, 0.05) is 18.7 Å². The lowest BCUT2D eigenvalue weighted by molar-refractivity contribution is 0.217. The molecule has 0 atom stereocenters. The Kier molecular flexibility index (Phi) is 3.78. The molecule has 0 radical (unpaired) electrons. The number of anilines is 1. The minimum Gasteiger partial charge on any atom is -0.384 e. The predicted molar refractivity (Wildman–Crippen MR) is 71.0 cm³/mol. The molecule has 1 heterocycles. The molecule has 5 nitrogen and oxygen atoms in total. The summed E-state index contributed by atoms with van der Waals surface area (Å²) in [5.41, 5.74) is 0. The van der Waals surface area contributed by atoms with Gasteiger partial charge in [-0.05, 0) is 11.5 Å². The Hall–Kier alpha value is -1.66.